The lowest BCUT2D eigenvalue weighted by Gasteiger charge is -2.10. The standard InChI is InChI=1S/C19H19BrO5/c1-4-23-18(21)14-7-10-17(16(20)11-14)25-19(22)13-5-8-15(9-6-13)24-12(2)3/h5-12H,4H2,1-3H3. The second kappa shape index (κ2) is 8.67. The maximum Gasteiger partial charge on any atom is 0.343 e. The van der Waals surface area contributed by atoms with Gasteiger partial charge in [-0.3, -0.25) is 0 Å². The summed E-state index contributed by atoms with van der Waals surface area (Å²) in [7, 11) is 0. The first-order valence-corrected chi connectivity index (χ1v) is 8.65. The van der Waals surface area contributed by atoms with Crippen LogP contribution in [0.4, 0.5) is 0 Å². The van der Waals surface area contributed by atoms with Crippen molar-refractivity contribution in [3.63, 3.8) is 0 Å². The number of hydrogen-bond donors (Lipinski definition) is 0. The van der Waals surface area contributed by atoms with Crippen LogP contribution in [0.1, 0.15) is 41.5 Å². The summed E-state index contributed by atoms with van der Waals surface area (Å²) in [6.45, 7) is 5.89. The van der Waals surface area contributed by atoms with E-state index in [1.165, 1.54) is 0 Å². The third-order valence-electron chi connectivity index (χ3n) is 3.11. The van der Waals surface area contributed by atoms with Crippen molar-refractivity contribution in [1.29, 1.82) is 0 Å². The van der Waals surface area contributed by atoms with Crippen molar-refractivity contribution in [3.8, 4) is 11.5 Å². The van der Waals surface area contributed by atoms with Crippen molar-refractivity contribution in [2.45, 2.75) is 26.9 Å². The molecule has 0 N–H and O–H groups in total. The zero-order valence-corrected chi connectivity index (χ0v) is 15.8. The number of carbonyl (C=O) groups excluding carboxylic acids is 2. The van der Waals surface area contributed by atoms with Crippen LogP contribution in [0.25, 0.3) is 0 Å². The van der Waals surface area contributed by atoms with E-state index < -0.39 is 11.9 Å². The van der Waals surface area contributed by atoms with Crippen LogP contribution in [-0.4, -0.2) is 24.6 Å². The molecule has 0 unspecified atom stereocenters. The average Bonchev–Trinajstić information content (AvgIpc) is 2.57. The molecule has 0 bridgehead atoms. The molecule has 5 nitrogen and oxygen atoms in total. The molecule has 0 fully saturated rings. The molecule has 0 saturated carbocycles. The number of ether oxygens (including phenoxy) is 3. The number of benzene rings is 2. The molecule has 0 heterocycles. The normalized spacial score (nSPS) is 10.4. The summed E-state index contributed by atoms with van der Waals surface area (Å²) >= 11 is 3.30. The minimum atomic E-state index is -0.499. The smallest absolute Gasteiger partial charge is 0.343 e. The summed E-state index contributed by atoms with van der Waals surface area (Å²) in [6.07, 6.45) is 0.0617. The molecule has 0 saturated heterocycles. The molecule has 6 heteroatoms. The molecule has 0 aliphatic rings. The van der Waals surface area contributed by atoms with Crippen LogP contribution in [-0.2, 0) is 4.74 Å². The van der Waals surface area contributed by atoms with E-state index >= 15 is 0 Å². The van der Waals surface area contributed by atoms with Crippen LogP contribution in [0.3, 0.4) is 0 Å². The maximum atomic E-state index is 12.2. The highest BCUT2D eigenvalue weighted by Gasteiger charge is 2.14. The van der Waals surface area contributed by atoms with Crippen LogP contribution < -0.4 is 9.47 Å². The van der Waals surface area contributed by atoms with Crippen LogP contribution in [0.2, 0.25) is 0 Å². The Balaban J connectivity index is 2.08. The second-order valence-electron chi connectivity index (χ2n) is 5.45. The quantitative estimate of drug-likeness (QED) is 0.516. The number of esters is 2. The molecule has 2 rings (SSSR count). The predicted octanol–water partition coefficient (Wildman–Crippen LogP) is 4.63. The Morgan fingerprint density at radius 1 is 1.00 bits per heavy atom. The fourth-order valence-corrected chi connectivity index (χ4v) is 2.49. The van der Waals surface area contributed by atoms with Gasteiger partial charge in [0.05, 0.1) is 28.3 Å². The first-order valence-electron chi connectivity index (χ1n) is 7.86. The topological polar surface area (TPSA) is 61.8 Å². The highest BCUT2D eigenvalue weighted by Crippen LogP contribution is 2.27. The van der Waals surface area contributed by atoms with Crippen molar-refractivity contribution in [2.75, 3.05) is 6.61 Å². The van der Waals surface area contributed by atoms with E-state index in [9.17, 15) is 9.59 Å². The zero-order chi connectivity index (χ0) is 18.4. The molecular formula is C19H19BrO5. The van der Waals surface area contributed by atoms with Gasteiger partial charge in [0.2, 0.25) is 0 Å². The summed E-state index contributed by atoms with van der Waals surface area (Å²) in [5, 5.41) is 0. The maximum absolute atomic E-state index is 12.2. The van der Waals surface area contributed by atoms with Crippen molar-refractivity contribution in [2.24, 2.45) is 0 Å². The van der Waals surface area contributed by atoms with Gasteiger partial charge in [-0.15, -0.1) is 0 Å². The van der Waals surface area contributed by atoms with Gasteiger partial charge in [0.1, 0.15) is 11.5 Å². The largest absolute Gasteiger partial charge is 0.491 e. The van der Waals surface area contributed by atoms with E-state index in [4.69, 9.17) is 14.2 Å². The van der Waals surface area contributed by atoms with Gasteiger partial charge >= 0.3 is 11.9 Å². The lowest BCUT2D eigenvalue weighted by Crippen LogP contribution is -2.10. The number of carbonyl (C=O) groups is 2. The van der Waals surface area contributed by atoms with Gasteiger partial charge in [0.25, 0.3) is 0 Å². The first kappa shape index (κ1) is 19.0. The molecule has 0 aromatic heterocycles. The van der Waals surface area contributed by atoms with E-state index in [-0.39, 0.29) is 6.10 Å². The van der Waals surface area contributed by atoms with Crippen LogP contribution in [0.5, 0.6) is 11.5 Å². The summed E-state index contributed by atoms with van der Waals surface area (Å²) in [5.74, 6) is 0.0783. The molecule has 2 aromatic rings. The summed E-state index contributed by atoms with van der Waals surface area (Å²) in [5.41, 5.74) is 0.779. The summed E-state index contributed by atoms with van der Waals surface area (Å²) in [6, 6.07) is 11.4. The monoisotopic (exact) mass is 406 g/mol. The van der Waals surface area contributed by atoms with E-state index in [0.29, 0.717) is 33.7 Å². The fraction of sp³-hybridized carbons (Fsp3) is 0.263. The van der Waals surface area contributed by atoms with E-state index in [0.717, 1.165) is 0 Å². The second-order valence-corrected chi connectivity index (χ2v) is 6.30. The molecule has 0 radical (unpaired) electrons. The van der Waals surface area contributed by atoms with E-state index in [2.05, 4.69) is 15.9 Å². The van der Waals surface area contributed by atoms with Crippen LogP contribution in [0.15, 0.2) is 46.9 Å². The van der Waals surface area contributed by atoms with Gasteiger partial charge in [0.15, 0.2) is 0 Å². The van der Waals surface area contributed by atoms with Crippen LogP contribution >= 0.6 is 15.9 Å². The summed E-state index contributed by atoms with van der Waals surface area (Å²) < 4.78 is 16.3. The Morgan fingerprint density at radius 3 is 2.20 bits per heavy atom. The molecule has 132 valence electrons. The first-order chi connectivity index (χ1) is 11.9. The van der Waals surface area contributed by atoms with Gasteiger partial charge in [-0.1, -0.05) is 0 Å². The summed E-state index contributed by atoms with van der Waals surface area (Å²) in [4.78, 5) is 23.9. The minimum absolute atomic E-state index is 0.0617. The number of rotatable bonds is 6. The third-order valence-corrected chi connectivity index (χ3v) is 3.73. The van der Waals surface area contributed by atoms with Crippen LogP contribution in [0, 0.1) is 0 Å². The SMILES string of the molecule is CCOC(=O)c1ccc(OC(=O)c2ccc(OC(C)C)cc2)c(Br)c1. The van der Waals surface area contributed by atoms with Crippen molar-refractivity contribution in [3.05, 3.63) is 58.1 Å². The van der Waals surface area contributed by atoms with E-state index in [1.807, 2.05) is 13.8 Å². The number of halogens is 1. The van der Waals surface area contributed by atoms with Crippen molar-refractivity contribution < 1.29 is 23.8 Å². The Labute approximate surface area is 155 Å². The molecule has 0 spiro atoms. The fourth-order valence-electron chi connectivity index (χ4n) is 2.03. The molecule has 0 aliphatic heterocycles. The Bertz CT molecular complexity index is 753. The van der Waals surface area contributed by atoms with Gasteiger partial charge in [-0.25, -0.2) is 9.59 Å². The third kappa shape index (κ3) is 5.32. The molecular weight excluding hydrogens is 388 g/mol. The molecule has 2 aromatic carbocycles. The van der Waals surface area contributed by atoms with Gasteiger partial charge in [-0.05, 0) is 79.2 Å². The zero-order valence-electron chi connectivity index (χ0n) is 14.2. The van der Waals surface area contributed by atoms with Crippen molar-refractivity contribution >= 4 is 27.9 Å². The highest BCUT2D eigenvalue weighted by molar-refractivity contribution is 9.10. The minimum Gasteiger partial charge on any atom is -0.491 e. The van der Waals surface area contributed by atoms with Gasteiger partial charge < -0.3 is 14.2 Å². The average molecular weight is 407 g/mol. The van der Waals surface area contributed by atoms with Gasteiger partial charge in [0, 0.05) is 0 Å². The Morgan fingerprint density at radius 2 is 1.64 bits per heavy atom. The molecule has 25 heavy (non-hydrogen) atoms. The van der Waals surface area contributed by atoms with E-state index in [1.54, 1.807) is 49.4 Å². The molecule has 0 amide bonds. The Hall–Kier alpha value is -2.34. The van der Waals surface area contributed by atoms with Crippen molar-refractivity contribution in [1.82, 2.24) is 0 Å². The lowest BCUT2D eigenvalue weighted by molar-refractivity contribution is 0.0526. The van der Waals surface area contributed by atoms with Gasteiger partial charge in [-0.2, -0.15) is 0 Å². The lowest BCUT2D eigenvalue weighted by atomic mass is 10.2. The molecule has 0 aliphatic carbocycles. The molecule has 0 atom stereocenters. The predicted molar refractivity (Wildman–Crippen MR) is 97.3 cm³/mol. The Kier molecular flexibility index (Phi) is 6.58. The number of hydrogen-bond acceptors (Lipinski definition) is 5. The highest BCUT2D eigenvalue weighted by atomic mass is 79.9.